The largest absolute Gasteiger partial charge is 0.481 e. The lowest BCUT2D eigenvalue weighted by Crippen LogP contribution is -2.39. The Balaban J connectivity index is 1.57. The van der Waals surface area contributed by atoms with Gasteiger partial charge in [0.05, 0.1) is 5.92 Å². The number of carboxylic acid groups (broad SMARTS) is 1. The normalized spacial score (nSPS) is 19.3. The number of fused-ring (bicyclic) bond motifs is 1. The number of ether oxygens (including phenoxy) is 2. The van der Waals surface area contributed by atoms with Crippen molar-refractivity contribution in [3.8, 4) is 22.6 Å². The van der Waals surface area contributed by atoms with E-state index in [9.17, 15) is 9.90 Å². The topological polar surface area (TPSA) is 71.9 Å². The molecule has 1 unspecified atom stereocenters. The SMILES string of the molecule is O=C(O)C1CCCN(c2ccc(-c3cccc4c3OCO4)cn2)C1. The Morgan fingerprint density at radius 3 is 2.96 bits per heavy atom. The van der Waals surface area contributed by atoms with Crippen LogP contribution < -0.4 is 14.4 Å². The number of anilines is 1. The number of hydrogen-bond acceptors (Lipinski definition) is 5. The molecule has 124 valence electrons. The van der Waals surface area contributed by atoms with Gasteiger partial charge in [-0.3, -0.25) is 4.79 Å². The molecule has 1 N–H and O–H groups in total. The lowest BCUT2D eigenvalue weighted by molar-refractivity contribution is -0.141. The van der Waals surface area contributed by atoms with Crippen LogP contribution in [-0.4, -0.2) is 35.9 Å². The van der Waals surface area contributed by atoms with Crippen LogP contribution in [0.3, 0.4) is 0 Å². The van der Waals surface area contributed by atoms with Crippen molar-refractivity contribution >= 4 is 11.8 Å². The fraction of sp³-hybridized carbons (Fsp3) is 0.333. The quantitative estimate of drug-likeness (QED) is 0.935. The summed E-state index contributed by atoms with van der Waals surface area (Å²) in [6, 6.07) is 9.72. The van der Waals surface area contributed by atoms with Crippen molar-refractivity contribution in [1.29, 1.82) is 0 Å². The van der Waals surface area contributed by atoms with Crippen LogP contribution in [0.25, 0.3) is 11.1 Å². The maximum atomic E-state index is 11.2. The Morgan fingerprint density at radius 1 is 1.25 bits per heavy atom. The molecule has 24 heavy (non-hydrogen) atoms. The lowest BCUT2D eigenvalue weighted by Gasteiger charge is -2.31. The number of para-hydroxylation sites is 1. The number of carboxylic acids is 1. The fourth-order valence-corrected chi connectivity index (χ4v) is 3.28. The Bertz CT molecular complexity index is 760. The van der Waals surface area contributed by atoms with E-state index in [2.05, 4.69) is 4.98 Å². The number of hydrogen-bond donors (Lipinski definition) is 1. The van der Waals surface area contributed by atoms with Gasteiger partial charge in [-0.15, -0.1) is 0 Å². The number of pyridine rings is 1. The van der Waals surface area contributed by atoms with Crippen LogP contribution in [0.5, 0.6) is 11.5 Å². The Morgan fingerprint density at radius 2 is 2.17 bits per heavy atom. The van der Waals surface area contributed by atoms with Gasteiger partial charge in [0.25, 0.3) is 0 Å². The van der Waals surface area contributed by atoms with Crippen LogP contribution in [0.2, 0.25) is 0 Å². The van der Waals surface area contributed by atoms with Gasteiger partial charge in [-0.05, 0) is 31.0 Å². The van der Waals surface area contributed by atoms with Gasteiger partial charge in [0.1, 0.15) is 5.82 Å². The number of nitrogens with zero attached hydrogens (tertiary/aromatic N) is 2. The molecule has 6 nitrogen and oxygen atoms in total. The lowest BCUT2D eigenvalue weighted by atomic mass is 9.98. The first-order valence-electron chi connectivity index (χ1n) is 8.05. The van der Waals surface area contributed by atoms with Gasteiger partial charge in [0.15, 0.2) is 11.5 Å². The molecule has 0 radical (unpaired) electrons. The molecular weight excluding hydrogens is 308 g/mol. The summed E-state index contributed by atoms with van der Waals surface area (Å²) >= 11 is 0. The van der Waals surface area contributed by atoms with Crippen LogP contribution in [-0.2, 0) is 4.79 Å². The molecule has 4 rings (SSSR count). The van der Waals surface area contributed by atoms with E-state index in [0.29, 0.717) is 6.54 Å². The van der Waals surface area contributed by atoms with Gasteiger partial charge in [0.2, 0.25) is 6.79 Å². The first kappa shape index (κ1) is 14.8. The summed E-state index contributed by atoms with van der Waals surface area (Å²) < 4.78 is 11.0. The first-order chi connectivity index (χ1) is 11.7. The molecule has 3 heterocycles. The molecule has 0 bridgehead atoms. The second kappa shape index (κ2) is 6.03. The summed E-state index contributed by atoms with van der Waals surface area (Å²) in [5.74, 6) is 1.26. The third-order valence-electron chi connectivity index (χ3n) is 4.55. The van der Waals surface area contributed by atoms with Gasteiger partial charge < -0.3 is 19.5 Å². The minimum Gasteiger partial charge on any atom is -0.481 e. The first-order valence-corrected chi connectivity index (χ1v) is 8.05. The molecule has 1 fully saturated rings. The van der Waals surface area contributed by atoms with Crippen LogP contribution >= 0.6 is 0 Å². The van der Waals surface area contributed by atoms with Crippen molar-refractivity contribution in [2.45, 2.75) is 12.8 Å². The smallest absolute Gasteiger partial charge is 0.308 e. The number of rotatable bonds is 3. The van der Waals surface area contributed by atoms with E-state index >= 15 is 0 Å². The second-order valence-electron chi connectivity index (χ2n) is 6.07. The third-order valence-corrected chi connectivity index (χ3v) is 4.55. The number of benzene rings is 1. The number of aromatic nitrogens is 1. The zero-order chi connectivity index (χ0) is 16.5. The van der Waals surface area contributed by atoms with Gasteiger partial charge in [0, 0.05) is 30.4 Å². The monoisotopic (exact) mass is 326 g/mol. The molecule has 0 saturated carbocycles. The van der Waals surface area contributed by atoms with E-state index in [1.165, 1.54) is 0 Å². The Kier molecular flexibility index (Phi) is 3.72. The number of carbonyl (C=O) groups is 1. The van der Waals surface area contributed by atoms with Crippen LogP contribution in [0.1, 0.15) is 12.8 Å². The van der Waals surface area contributed by atoms with Crippen molar-refractivity contribution in [3.63, 3.8) is 0 Å². The summed E-state index contributed by atoms with van der Waals surface area (Å²) in [4.78, 5) is 17.8. The summed E-state index contributed by atoms with van der Waals surface area (Å²) in [5.41, 5.74) is 1.90. The van der Waals surface area contributed by atoms with Crippen molar-refractivity contribution in [2.24, 2.45) is 5.92 Å². The maximum Gasteiger partial charge on any atom is 0.308 e. The zero-order valence-corrected chi connectivity index (χ0v) is 13.1. The van der Waals surface area contributed by atoms with E-state index in [0.717, 1.165) is 47.8 Å². The molecular formula is C18H18N2O4. The van der Waals surface area contributed by atoms with E-state index in [1.54, 1.807) is 6.20 Å². The predicted octanol–water partition coefficient (Wildman–Crippen LogP) is 2.78. The average Bonchev–Trinajstić information content (AvgIpc) is 3.11. The van der Waals surface area contributed by atoms with Crippen molar-refractivity contribution in [1.82, 2.24) is 4.98 Å². The molecule has 0 spiro atoms. The van der Waals surface area contributed by atoms with Gasteiger partial charge in [-0.1, -0.05) is 12.1 Å². The van der Waals surface area contributed by atoms with Crippen LogP contribution in [0.4, 0.5) is 5.82 Å². The highest BCUT2D eigenvalue weighted by Crippen LogP contribution is 2.41. The molecule has 0 aliphatic carbocycles. The average molecular weight is 326 g/mol. The molecule has 2 aromatic rings. The highest BCUT2D eigenvalue weighted by molar-refractivity contribution is 5.74. The van der Waals surface area contributed by atoms with Gasteiger partial charge >= 0.3 is 5.97 Å². The maximum absolute atomic E-state index is 11.2. The van der Waals surface area contributed by atoms with Gasteiger partial charge in [-0.25, -0.2) is 4.98 Å². The Hall–Kier alpha value is -2.76. The predicted molar refractivity (Wildman–Crippen MR) is 88.4 cm³/mol. The zero-order valence-electron chi connectivity index (χ0n) is 13.1. The highest BCUT2D eigenvalue weighted by Gasteiger charge is 2.26. The molecule has 2 aliphatic rings. The minimum absolute atomic E-state index is 0.238. The van der Waals surface area contributed by atoms with Crippen molar-refractivity contribution < 1.29 is 19.4 Å². The third kappa shape index (κ3) is 2.64. The second-order valence-corrected chi connectivity index (χ2v) is 6.07. The molecule has 0 amide bonds. The van der Waals surface area contributed by atoms with E-state index in [1.807, 2.05) is 35.2 Å². The fourth-order valence-electron chi connectivity index (χ4n) is 3.28. The summed E-state index contributed by atoms with van der Waals surface area (Å²) in [7, 11) is 0. The minimum atomic E-state index is -0.728. The number of piperidine rings is 1. The van der Waals surface area contributed by atoms with E-state index < -0.39 is 5.97 Å². The standard InChI is InChI=1S/C18H18N2O4/c21-18(22)13-3-2-8-20(10-13)16-7-6-12(9-19-16)14-4-1-5-15-17(14)24-11-23-15/h1,4-7,9,13H,2-3,8,10-11H2,(H,21,22). The van der Waals surface area contributed by atoms with Crippen molar-refractivity contribution in [2.75, 3.05) is 24.8 Å². The molecule has 6 heteroatoms. The molecule has 2 aliphatic heterocycles. The summed E-state index contributed by atoms with van der Waals surface area (Å²) in [5, 5.41) is 9.21. The highest BCUT2D eigenvalue weighted by atomic mass is 16.7. The summed E-state index contributed by atoms with van der Waals surface area (Å²) in [6.07, 6.45) is 3.41. The van der Waals surface area contributed by atoms with E-state index in [-0.39, 0.29) is 12.7 Å². The molecule has 1 aromatic carbocycles. The summed E-state index contributed by atoms with van der Waals surface area (Å²) in [6.45, 7) is 1.59. The van der Waals surface area contributed by atoms with Crippen molar-refractivity contribution in [3.05, 3.63) is 36.5 Å². The number of aliphatic carboxylic acids is 1. The van der Waals surface area contributed by atoms with Gasteiger partial charge in [-0.2, -0.15) is 0 Å². The van der Waals surface area contributed by atoms with Crippen LogP contribution in [0.15, 0.2) is 36.5 Å². The molecule has 1 atom stereocenters. The Labute approximate surface area is 139 Å². The molecule has 1 saturated heterocycles. The molecule has 1 aromatic heterocycles. The van der Waals surface area contributed by atoms with Crippen LogP contribution in [0, 0.1) is 5.92 Å². The van der Waals surface area contributed by atoms with E-state index in [4.69, 9.17) is 9.47 Å².